The minimum Gasteiger partial charge on any atom is -0.494 e. The Morgan fingerprint density at radius 2 is 1.71 bits per heavy atom. The second-order valence-electron chi connectivity index (χ2n) is 6.99. The fraction of sp³-hybridized carbons (Fsp3) is 0.273. The van der Waals surface area contributed by atoms with Crippen LogP contribution in [0.15, 0.2) is 64.7 Å². The van der Waals surface area contributed by atoms with E-state index in [-0.39, 0.29) is 16.2 Å². The van der Waals surface area contributed by atoms with Gasteiger partial charge in [-0.25, -0.2) is 18.0 Å². The maximum Gasteiger partial charge on any atom is 0.338 e. The summed E-state index contributed by atoms with van der Waals surface area (Å²) in [5.41, 5.74) is 1.51. The Labute approximate surface area is 181 Å². The summed E-state index contributed by atoms with van der Waals surface area (Å²) in [6, 6.07) is 11.7. The lowest BCUT2D eigenvalue weighted by molar-refractivity contribution is -0.136. The van der Waals surface area contributed by atoms with Crippen LogP contribution in [-0.4, -0.2) is 39.9 Å². The molecule has 0 saturated carbocycles. The number of aryl methyl sites for hydroxylation is 1. The van der Waals surface area contributed by atoms with Gasteiger partial charge in [0, 0.05) is 5.70 Å². The van der Waals surface area contributed by atoms with Crippen LogP contribution in [0, 0.1) is 6.92 Å². The average molecular weight is 445 g/mol. The zero-order chi connectivity index (χ0) is 22.6. The quantitative estimate of drug-likeness (QED) is 0.635. The molecule has 31 heavy (non-hydrogen) atoms. The van der Waals surface area contributed by atoms with E-state index < -0.39 is 33.6 Å². The summed E-state index contributed by atoms with van der Waals surface area (Å²) < 4.78 is 36.2. The number of nitrogens with one attached hydrogen (secondary N) is 2. The van der Waals surface area contributed by atoms with Gasteiger partial charge in [-0.3, -0.25) is 0 Å². The third-order valence-corrected chi connectivity index (χ3v) is 6.46. The molecule has 9 heteroatoms. The van der Waals surface area contributed by atoms with E-state index in [0.29, 0.717) is 17.9 Å². The first-order valence-electron chi connectivity index (χ1n) is 9.66. The summed E-state index contributed by atoms with van der Waals surface area (Å²) >= 11 is 0. The molecule has 1 aliphatic rings. The molecule has 2 aromatic carbocycles. The molecule has 0 aliphatic carbocycles. The number of esters is 1. The van der Waals surface area contributed by atoms with Crippen molar-refractivity contribution in [3.63, 3.8) is 0 Å². The van der Waals surface area contributed by atoms with Gasteiger partial charge in [0.1, 0.15) is 5.75 Å². The number of hydrogen-bond acceptors (Lipinski definition) is 6. The molecule has 1 aliphatic heterocycles. The van der Waals surface area contributed by atoms with Gasteiger partial charge in [-0.2, -0.15) is 0 Å². The summed E-state index contributed by atoms with van der Waals surface area (Å²) in [6.45, 7) is 4.21. The van der Waals surface area contributed by atoms with Crippen LogP contribution >= 0.6 is 0 Å². The predicted octanol–water partition coefficient (Wildman–Crippen LogP) is 2.65. The minimum atomic E-state index is -3.82. The van der Waals surface area contributed by atoms with Gasteiger partial charge in [0.05, 0.1) is 36.0 Å². The van der Waals surface area contributed by atoms with Crippen molar-refractivity contribution in [2.75, 3.05) is 19.5 Å². The second-order valence-corrected chi connectivity index (χ2v) is 8.98. The van der Waals surface area contributed by atoms with Gasteiger partial charge in [-0.1, -0.05) is 29.8 Å². The van der Waals surface area contributed by atoms with Crippen LogP contribution in [0.2, 0.25) is 0 Å². The number of carbonyl (C=O) groups excluding carboxylic acids is 2. The lowest BCUT2D eigenvalue weighted by Gasteiger charge is -2.29. The van der Waals surface area contributed by atoms with Crippen LogP contribution in [0.1, 0.15) is 24.1 Å². The summed E-state index contributed by atoms with van der Waals surface area (Å²) in [6.07, 6.45) is 0. The fourth-order valence-electron chi connectivity index (χ4n) is 3.27. The Morgan fingerprint density at radius 3 is 2.29 bits per heavy atom. The van der Waals surface area contributed by atoms with E-state index in [1.54, 1.807) is 36.4 Å². The van der Waals surface area contributed by atoms with Crippen molar-refractivity contribution in [2.24, 2.45) is 0 Å². The first kappa shape index (κ1) is 22.4. The fourth-order valence-corrected chi connectivity index (χ4v) is 4.60. The molecule has 0 saturated heterocycles. The van der Waals surface area contributed by atoms with Crippen molar-refractivity contribution >= 4 is 21.8 Å². The zero-order valence-corrected chi connectivity index (χ0v) is 18.3. The molecule has 0 aromatic heterocycles. The first-order valence-corrected chi connectivity index (χ1v) is 11.3. The average Bonchev–Trinajstić information content (AvgIpc) is 2.73. The number of benzene rings is 2. The molecule has 0 spiro atoms. The van der Waals surface area contributed by atoms with Crippen molar-refractivity contribution in [3.05, 3.63) is 70.9 Å². The van der Waals surface area contributed by atoms with Gasteiger partial charge in [0.25, 0.3) is 0 Å². The maximum absolute atomic E-state index is 13.0. The van der Waals surface area contributed by atoms with E-state index in [4.69, 9.17) is 9.47 Å². The van der Waals surface area contributed by atoms with Gasteiger partial charge >= 0.3 is 12.0 Å². The molecular weight excluding hydrogens is 420 g/mol. The number of carbonyl (C=O) groups is 2. The summed E-state index contributed by atoms with van der Waals surface area (Å²) in [5.74, 6) is -0.653. The van der Waals surface area contributed by atoms with Crippen molar-refractivity contribution in [1.29, 1.82) is 0 Å². The number of amides is 2. The Balaban J connectivity index is 2.04. The summed E-state index contributed by atoms with van der Waals surface area (Å²) in [4.78, 5) is 25.0. The molecule has 8 nitrogen and oxygen atoms in total. The molecule has 2 amide bonds. The normalized spacial score (nSPS) is 16.4. The molecule has 1 unspecified atom stereocenters. The van der Waals surface area contributed by atoms with Crippen LogP contribution in [0.4, 0.5) is 4.79 Å². The van der Waals surface area contributed by atoms with E-state index in [1.165, 1.54) is 19.2 Å². The molecule has 0 bridgehead atoms. The van der Waals surface area contributed by atoms with E-state index in [9.17, 15) is 18.0 Å². The predicted molar refractivity (Wildman–Crippen MR) is 114 cm³/mol. The van der Waals surface area contributed by atoms with E-state index in [0.717, 1.165) is 5.56 Å². The smallest absolute Gasteiger partial charge is 0.338 e. The van der Waals surface area contributed by atoms with Gasteiger partial charge in [0.2, 0.25) is 0 Å². The summed E-state index contributed by atoms with van der Waals surface area (Å²) in [5, 5.41) is 5.14. The van der Waals surface area contributed by atoms with Crippen LogP contribution in [0.3, 0.4) is 0 Å². The highest BCUT2D eigenvalue weighted by Gasteiger charge is 2.35. The molecule has 2 N–H and O–H groups in total. The molecule has 0 radical (unpaired) electrons. The SMILES string of the molecule is CCOc1ccc(C2NC(=O)NC(CS(=O)(=O)c3ccc(C)cc3)=C2C(=O)OC)cc1. The molecule has 2 aromatic rings. The molecule has 1 atom stereocenters. The number of ether oxygens (including phenoxy) is 2. The zero-order valence-electron chi connectivity index (χ0n) is 17.5. The molecule has 3 rings (SSSR count). The second kappa shape index (κ2) is 9.22. The van der Waals surface area contributed by atoms with Crippen LogP contribution in [0.5, 0.6) is 5.75 Å². The maximum atomic E-state index is 13.0. The monoisotopic (exact) mass is 444 g/mol. The van der Waals surface area contributed by atoms with Crippen LogP contribution in [-0.2, 0) is 19.4 Å². The summed E-state index contributed by atoms with van der Waals surface area (Å²) in [7, 11) is -2.62. The third kappa shape index (κ3) is 5.05. The van der Waals surface area contributed by atoms with Crippen molar-refractivity contribution in [3.8, 4) is 5.75 Å². The van der Waals surface area contributed by atoms with Crippen LogP contribution < -0.4 is 15.4 Å². The molecule has 164 valence electrons. The number of rotatable bonds is 7. The van der Waals surface area contributed by atoms with Crippen molar-refractivity contribution in [1.82, 2.24) is 10.6 Å². The van der Waals surface area contributed by atoms with E-state index in [2.05, 4.69) is 10.6 Å². The number of methoxy groups -OCH3 is 1. The molecule has 0 fully saturated rings. The topological polar surface area (TPSA) is 111 Å². The number of hydrogen-bond donors (Lipinski definition) is 2. The minimum absolute atomic E-state index is 0.0185. The highest BCUT2D eigenvalue weighted by Crippen LogP contribution is 2.30. The molecular formula is C22H24N2O6S. The van der Waals surface area contributed by atoms with Gasteiger partial charge in [0.15, 0.2) is 9.84 Å². The van der Waals surface area contributed by atoms with Crippen molar-refractivity contribution in [2.45, 2.75) is 24.8 Å². The van der Waals surface area contributed by atoms with Gasteiger partial charge < -0.3 is 20.1 Å². The standard InChI is InChI=1S/C22H24N2O6S/c1-4-30-16-9-7-15(8-10-16)20-19(21(25)29-3)18(23-22(26)24-20)13-31(27,28)17-11-5-14(2)6-12-17/h5-12,20H,4,13H2,1-3H3,(H2,23,24,26). The third-order valence-electron chi connectivity index (χ3n) is 4.80. The first-order chi connectivity index (χ1) is 14.7. The highest BCUT2D eigenvalue weighted by atomic mass is 32.2. The highest BCUT2D eigenvalue weighted by molar-refractivity contribution is 7.91. The Kier molecular flexibility index (Phi) is 6.65. The number of sulfone groups is 1. The Morgan fingerprint density at radius 1 is 1.06 bits per heavy atom. The number of urea groups is 1. The van der Waals surface area contributed by atoms with Crippen molar-refractivity contribution < 1.29 is 27.5 Å². The molecule has 1 heterocycles. The van der Waals surface area contributed by atoms with Gasteiger partial charge in [-0.05, 0) is 43.7 Å². The van der Waals surface area contributed by atoms with E-state index >= 15 is 0 Å². The van der Waals surface area contributed by atoms with Crippen LogP contribution in [0.25, 0.3) is 0 Å². The lowest BCUT2D eigenvalue weighted by Crippen LogP contribution is -2.47. The van der Waals surface area contributed by atoms with E-state index in [1.807, 2.05) is 13.8 Å². The Hall–Kier alpha value is -3.33. The Bertz CT molecular complexity index is 1110. The van der Waals surface area contributed by atoms with Gasteiger partial charge in [-0.15, -0.1) is 0 Å². The lowest BCUT2D eigenvalue weighted by atomic mass is 9.95. The largest absolute Gasteiger partial charge is 0.494 e.